The molecule has 4 nitrogen and oxygen atoms in total. The summed E-state index contributed by atoms with van der Waals surface area (Å²) in [6.45, 7) is 0. The standard InChI is InChI=1S/C17H15N3O/c18-14-8-9-15(13-7-4-10-19-17(13)14)20-16(21)11-12-5-2-1-3-6-12/h1-10H,11,18H2,(H,20,21). The van der Waals surface area contributed by atoms with Crippen molar-refractivity contribution in [2.24, 2.45) is 0 Å². The minimum Gasteiger partial charge on any atom is -0.397 e. The molecule has 0 saturated heterocycles. The topological polar surface area (TPSA) is 68.0 Å². The van der Waals surface area contributed by atoms with Crippen molar-refractivity contribution in [1.29, 1.82) is 0 Å². The normalized spacial score (nSPS) is 10.5. The minimum atomic E-state index is -0.0591. The van der Waals surface area contributed by atoms with Crippen molar-refractivity contribution < 1.29 is 4.79 Å². The zero-order chi connectivity index (χ0) is 14.7. The van der Waals surface area contributed by atoms with Crippen LogP contribution in [-0.4, -0.2) is 10.9 Å². The van der Waals surface area contributed by atoms with Crippen LogP contribution in [0, 0.1) is 0 Å². The molecule has 0 radical (unpaired) electrons. The van der Waals surface area contributed by atoms with Crippen molar-refractivity contribution in [3.63, 3.8) is 0 Å². The van der Waals surface area contributed by atoms with Gasteiger partial charge in [0.25, 0.3) is 0 Å². The average Bonchev–Trinajstić information content (AvgIpc) is 2.51. The van der Waals surface area contributed by atoms with Gasteiger partial charge in [0, 0.05) is 11.6 Å². The van der Waals surface area contributed by atoms with E-state index in [0.717, 1.165) is 16.6 Å². The van der Waals surface area contributed by atoms with Gasteiger partial charge in [0.15, 0.2) is 0 Å². The molecule has 4 heteroatoms. The van der Waals surface area contributed by atoms with Gasteiger partial charge in [-0.15, -0.1) is 0 Å². The fourth-order valence-electron chi connectivity index (χ4n) is 2.28. The van der Waals surface area contributed by atoms with Gasteiger partial charge in [0.1, 0.15) is 0 Å². The second-order valence-corrected chi connectivity index (χ2v) is 4.81. The lowest BCUT2D eigenvalue weighted by atomic mass is 10.1. The molecule has 104 valence electrons. The number of amides is 1. The van der Waals surface area contributed by atoms with Crippen molar-refractivity contribution in [3.05, 3.63) is 66.4 Å². The van der Waals surface area contributed by atoms with Crippen LogP contribution in [0.1, 0.15) is 5.56 Å². The lowest BCUT2D eigenvalue weighted by Gasteiger charge is -2.10. The highest BCUT2D eigenvalue weighted by Crippen LogP contribution is 2.26. The first-order valence-electron chi connectivity index (χ1n) is 6.71. The molecule has 1 heterocycles. The van der Waals surface area contributed by atoms with Gasteiger partial charge in [0.2, 0.25) is 5.91 Å². The molecule has 1 aromatic heterocycles. The Kier molecular flexibility index (Phi) is 3.51. The van der Waals surface area contributed by atoms with Crippen LogP contribution in [0.25, 0.3) is 10.9 Å². The van der Waals surface area contributed by atoms with Crippen LogP contribution in [0.4, 0.5) is 11.4 Å². The Hall–Kier alpha value is -2.88. The third-order valence-electron chi connectivity index (χ3n) is 3.28. The molecule has 0 fully saturated rings. The molecule has 0 unspecified atom stereocenters. The Morgan fingerprint density at radius 1 is 1.05 bits per heavy atom. The monoisotopic (exact) mass is 277 g/mol. The van der Waals surface area contributed by atoms with Gasteiger partial charge in [-0.25, -0.2) is 0 Å². The van der Waals surface area contributed by atoms with Crippen LogP contribution >= 0.6 is 0 Å². The maximum Gasteiger partial charge on any atom is 0.228 e. The van der Waals surface area contributed by atoms with Gasteiger partial charge in [-0.1, -0.05) is 30.3 Å². The molecule has 0 aliphatic rings. The third kappa shape index (κ3) is 2.84. The van der Waals surface area contributed by atoms with Gasteiger partial charge >= 0.3 is 0 Å². The van der Waals surface area contributed by atoms with Gasteiger partial charge in [0.05, 0.1) is 23.3 Å². The van der Waals surface area contributed by atoms with Crippen LogP contribution in [0.5, 0.6) is 0 Å². The fraction of sp³-hybridized carbons (Fsp3) is 0.0588. The highest BCUT2D eigenvalue weighted by molar-refractivity contribution is 6.04. The summed E-state index contributed by atoms with van der Waals surface area (Å²) in [5.74, 6) is -0.0591. The van der Waals surface area contributed by atoms with Gasteiger partial charge in [-0.05, 0) is 29.8 Å². The van der Waals surface area contributed by atoms with E-state index in [9.17, 15) is 4.79 Å². The lowest BCUT2D eigenvalue weighted by Crippen LogP contribution is -2.14. The molecule has 1 amide bonds. The fourth-order valence-corrected chi connectivity index (χ4v) is 2.28. The predicted molar refractivity (Wildman–Crippen MR) is 84.9 cm³/mol. The highest BCUT2D eigenvalue weighted by Gasteiger charge is 2.08. The van der Waals surface area contributed by atoms with Crippen molar-refractivity contribution in [1.82, 2.24) is 4.98 Å². The number of carbonyl (C=O) groups excluding carboxylic acids is 1. The maximum atomic E-state index is 12.1. The summed E-state index contributed by atoms with van der Waals surface area (Å²) >= 11 is 0. The smallest absolute Gasteiger partial charge is 0.228 e. The van der Waals surface area contributed by atoms with Gasteiger partial charge in [-0.3, -0.25) is 9.78 Å². The Balaban J connectivity index is 1.85. The number of hydrogen-bond acceptors (Lipinski definition) is 3. The zero-order valence-corrected chi connectivity index (χ0v) is 11.4. The summed E-state index contributed by atoms with van der Waals surface area (Å²) in [5, 5.41) is 3.77. The van der Waals surface area contributed by atoms with E-state index in [-0.39, 0.29) is 5.91 Å². The summed E-state index contributed by atoms with van der Waals surface area (Å²) in [5.41, 5.74) is 8.92. The Morgan fingerprint density at radius 2 is 1.86 bits per heavy atom. The van der Waals surface area contributed by atoms with E-state index in [0.29, 0.717) is 17.6 Å². The van der Waals surface area contributed by atoms with Gasteiger partial charge < -0.3 is 11.1 Å². The first kappa shape index (κ1) is 13.1. The van der Waals surface area contributed by atoms with Crippen LogP contribution in [-0.2, 0) is 11.2 Å². The van der Waals surface area contributed by atoms with Crippen LogP contribution in [0.2, 0.25) is 0 Å². The molecule has 2 aromatic carbocycles. The second kappa shape index (κ2) is 5.63. The number of rotatable bonds is 3. The van der Waals surface area contributed by atoms with Crippen LogP contribution in [0.3, 0.4) is 0 Å². The molecule has 3 rings (SSSR count). The highest BCUT2D eigenvalue weighted by atomic mass is 16.1. The zero-order valence-electron chi connectivity index (χ0n) is 11.4. The van der Waals surface area contributed by atoms with E-state index in [1.54, 1.807) is 12.3 Å². The first-order valence-corrected chi connectivity index (χ1v) is 6.71. The SMILES string of the molecule is Nc1ccc(NC(=O)Cc2ccccc2)c2cccnc12. The summed E-state index contributed by atoms with van der Waals surface area (Å²) < 4.78 is 0. The number of nitrogen functional groups attached to an aromatic ring is 1. The van der Waals surface area contributed by atoms with Crippen LogP contribution in [0.15, 0.2) is 60.8 Å². The second-order valence-electron chi connectivity index (χ2n) is 4.81. The summed E-state index contributed by atoms with van der Waals surface area (Å²) in [4.78, 5) is 16.4. The van der Waals surface area contributed by atoms with Crippen molar-refractivity contribution in [2.45, 2.75) is 6.42 Å². The van der Waals surface area contributed by atoms with E-state index in [4.69, 9.17) is 5.73 Å². The Labute approximate surface area is 122 Å². The summed E-state index contributed by atoms with van der Waals surface area (Å²) in [6.07, 6.45) is 2.03. The van der Waals surface area contributed by atoms with Crippen molar-refractivity contribution in [2.75, 3.05) is 11.1 Å². The predicted octanol–water partition coefficient (Wildman–Crippen LogP) is 3.00. The number of benzene rings is 2. The Bertz CT molecular complexity index is 784. The van der Waals surface area contributed by atoms with Crippen molar-refractivity contribution in [3.8, 4) is 0 Å². The molecule has 0 aliphatic heterocycles. The van der Waals surface area contributed by atoms with Gasteiger partial charge in [-0.2, -0.15) is 0 Å². The molecule has 0 saturated carbocycles. The summed E-state index contributed by atoms with van der Waals surface area (Å²) in [7, 11) is 0. The molecular formula is C17H15N3O. The van der Waals surface area contributed by atoms with Crippen molar-refractivity contribution >= 4 is 28.2 Å². The van der Waals surface area contributed by atoms with Crippen LogP contribution < -0.4 is 11.1 Å². The van der Waals surface area contributed by atoms with E-state index in [2.05, 4.69) is 10.3 Å². The molecule has 3 N–H and O–H groups in total. The number of fused-ring (bicyclic) bond motifs is 1. The molecule has 3 aromatic rings. The number of carbonyl (C=O) groups is 1. The number of nitrogens with two attached hydrogens (primary N) is 1. The summed E-state index contributed by atoms with van der Waals surface area (Å²) in [6, 6.07) is 16.9. The molecule has 0 aliphatic carbocycles. The number of pyridine rings is 1. The number of aromatic nitrogens is 1. The third-order valence-corrected chi connectivity index (χ3v) is 3.28. The molecule has 0 spiro atoms. The molecule has 0 atom stereocenters. The minimum absolute atomic E-state index is 0.0591. The molecule has 0 bridgehead atoms. The largest absolute Gasteiger partial charge is 0.397 e. The van der Waals surface area contributed by atoms with E-state index >= 15 is 0 Å². The lowest BCUT2D eigenvalue weighted by molar-refractivity contribution is -0.115. The quantitative estimate of drug-likeness (QED) is 0.723. The molecule has 21 heavy (non-hydrogen) atoms. The number of nitrogens with zero attached hydrogens (tertiary/aromatic N) is 1. The molecular weight excluding hydrogens is 262 g/mol. The average molecular weight is 277 g/mol. The number of nitrogens with one attached hydrogen (secondary N) is 1. The van der Waals surface area contributed by atoms with E-state index < -0.39 is 0 Å². The van der Waals surface area contributed by atoms with E-state index in [1.807, 2.05) is 48.5 Å². The maximum absolute atomic E-state index is 12.1. The number of hydrogen-bond donors (Lipinski definition) is 2. The number of anilines is 2. The van der Waals surface area contributed by atoms with E-state index in [1.165, 1.54) is 0 Å². The first-order chi connectivity index (χ1) is 10.2. The Morgan fingerprint density at radius 3 is 2.67 bits per heavy atom.